The van der Waals surface area contributed by atoms with Gasteiger partial charge in [0.15, 0.2) is 0 Å². The lowest BCUT2D eigenvalue weighted by Gasteiger charge is -2.30. The van der Waals surface area contributed by atoms with Crippen LogP contribution in [0.5, 0.6) is 5.75 Å². The van der Waals surface area contributed by atoms with Crippen molar-refractivity contribution in [2.24, 2.45) is 0 Å². The molecule has 1 saturated heterocycles. The SMILES string of the molecule is COc1ccc2[nH]cc(S(=O)(=O)c3ccc(C)c(NC4CCN(C)CC4)c3)c2c1. The number of likely N-dealkylation sites (tertiary alicyclic amines) is 1. The van der Waals surface area contributed by atoms with Gasteiger partial charge in [-0.2, -0.15) is 0 Å². The Kier molecular flexibility index (Phi) is 5.27. The van der Waals surface area contributed by atoms with E-state index in [1.807, 2.05) is 25.1 Å². The molecule has 0 saturated carbocycles. The van der Waals surface area contributed by atoms with Gasteiger partial charge in [-0.05, 0) is 75.8 Å². The number of H-pyrrole nitrogens is 1. The number of anilines is 1. The van der Waals surface area contributed by atoms with E-state index in [-0.39, 0.29) is 4.90 Å². The molecule has 7 heteroatoms. The number of aryl methyl sites for hydroxylation is 1. The second-order valence-electron chi connectivity index (χ2n) is 7.77. The third-order valence-corrected chi connectivity index (χ3v) is 7.53. The molecule has 2 N–H and O–H groups in total. The maximum Gasteiger partial charge on any atom is 0.208 e. The summed E-state index contributed by atoms with van der Waals surface area (Å²) in [5.74, 6) is 0.627. The number of aromatic nitrogens is 1. The van der Waals surface area contributed by atoms with Crippen LogP contribution in [0.15, 0.2) is 52.4 Å². The number of nitrogens with zero attached hydrogens (tertiary/aromatic N) is 1. The van der Waals surface area contributed by atoms with Crippen LogP contribution >= 0.6 is 0 Å². The maximum atomic E-state index is 13.4. The van der Waals surface area contributed by atoms with Crippen molar-refractivity contribution in [3.63, 3.8) is 0 Å². The minimum Gasteiger partial charge on any atom is -0.497 e. The first-order valence-electron chi connectivity index (χ1n) is 9.84. The zero-order valence-corrected chi connectivity index (χ0v) is 17.8. The maximum absolute atomic E-state index is 13.4. The predicted molar refractivity (Wildman–Crippen MR) is 116 cm³/mol. The highest BCUT2D eigenvalue weighted by atomic mass is 32.2. The molecular weight excluding hydrogens is 386 g/mol. The van der Waals surface area contributed by atoms with Crippen LogP contribution in [0, 0.1) is 6.92 Å². The van der Waals surface area contributed by atoms with E-state index in [9.17, 15) is 8.42 Å². The Morgan fingerprint density at radius 1 is 1.14 bits per heavy atom. The minimum atomic E-state index is -3.67. The van der Waals surface area contributed by atoms with Crippen molar-refractivity contribution in [1.29, 1.82) is 0 Å². The molecule has 0 aliphatic carbocycles. The van der Waals surface area contributed by atoms with Gasteiger partial charge < -0.3 is 19.9 Å². The summed E-state index contributed by atoms with van der Waals surface area (Å²) in [4.78, 5) is 5.93. The Morgan fingerprint density at radius 3 is 2.62 bits per heavy atom. The largest absolute Gasteiger partial charge is 0.497 e. The molecule has 1 aromatic heterocycles. The molecule has 2 aromatic carbocycles. The highest BCUT2D eigenvalue weighted by molar-refractivity contribution is 7.91. The summed E-state index contributed by atoms with van der Waals surface area (Å²) in [5.41, 5.74) is 2.70. The van der Waals surface area contributed by atoms with E-state index in [1.165, 1.54) is 0 Å². The molecule has 4 rings (SSSR count). The first kappa shape index (κ1) is 19.8. The molecule has 1 fully saturated rings. The van der Waals surface area contributed by atoms with Crippen LogP contribution in [-0.4, -0.2) is 51.6 Å². The van der Waals surface area contributed by atoms with Gasteiger partial charge in [-0.25, -0.2) is 8.42 Å². The van der Waals surface area contributed by atoms with E-state index >= 15 is 0 Å². The third kappa shape index (κ3) is 3.84. The lowest BCUT2D eigenvalue weighted by atomic mass is 10.0. The number of rotatable bonds is 5. The number of hydrogen-bond donors (Lipinski definition) is 2. The number of hydrogen-bond acceptors (Lipinski definition) is 5. The van der Waals surface area contributed by atoms with Gasteiger partial charge in [0.2, 0.25) is 9.84 Å². The average Bonchev–Trinajstić information content (AvgIpc) is 3.15. The van der Waals surface area contributed by atoms with Gasteiger partial charge in [0.05, 0.1) is 16.9 Å². The third-order valence-electron chi connectivity index (χ3n) is 5.74. The van der Waals surface area contributed by atoms with Crippen molar-refractivity contribution < 1.29 is 13.2 Å². The van der Waals surface area contributed by atoms with E-state index in [4.69, 9.17) is 4.74 Å². The van der Waals surface area contributed by atoms with Crippen LogP contribution in [0.1, 0.15) is 18.4 Å². The van der Waals surface area contributed by atoms with Crippen molar-refractivity contribution in [2.75, 3.05) is 32.6 Å². The molecule has 0 radical (unpaired) electrons. The molecule has 2 heterocycles. The summed E-state index contributed by atoms with van der Waals surface area (Å²) in [6.07, 6.45) is 3.66. The number of piperidine rings is 1. The van der Waals surface area contributed by atoms with Crippen LogP contribution in [0.25, 0.3) is 10.9 Å². The number of aromatic amines is 1. The Morgan fingerprint density at radius 2 is 1.90 bits per heavy atom. The van der Waals surface area contributed by atoms with Crippen molar-refractivity contribution >= 4 is 26.4 Å². The molecule has 0 atom stereocenters. The molecule has 3 aromatic rings. The molecular formula is C22H27N3O3S. The minimum absolute atomic E-state index is 0.264. The second kappa shape index (κ2) is 7.72. The average molecular weight is 414 g/mol. The van der Waals surface area contributed by atoms with Crippen molar-refractivity contribution in [2.45, 2.75) is 35.6 Å². The van der Waals surface area contributed by atoms with Crippen LogP contribution in [-0.2, 0) is 9.84 Å². The number of ether oxygens (including phenoxy) is 1. The van der Waals surface area contributed by atoms with Gasteiger partial charge in [-0.3, -0.25) is 0 Å². The van der Waals surface area contributed by atoms with Crippen molar-refractivity contribution in [1.82, 2.24) is 9.88 Å². The molecule has 0 bridgehead atoms. The van der Waals surface area contributed by atoms with Crippen LogP contribution in [0.2, 0.25) is 0 Å². The van der Waals surface area contributed by atoms with E-state index < -0.39 is 9.84 Å². The summed E-state index contributed by atoms with van der Waals surface area (Å²) in [6, 6.07) is 11.1. The van der Waals surface area contributed by atoms with Gasteiger partial charge in [0.1, 0.15) is 5.75 Å². The quantitative estimate of drug-likeness (QED) is 0.665. The monoisotopic (exact) mass is 413 g/mol. The molecule has 0 spiro atoms. The van der Waals surface area contributed by atoms with Crippen LogP contribution in [0.3, 0.4) is 0 Å². The zero-order valence-electron chi connectivity index (χ0n) is 17.0. The molecule has 29 heavy (non-hydrogen) atoms. The topological polar surface area (TPSA) is 74.4 Å². The smallest absolute Gasteiger partial charge is 0.208 e. The van der Waals surface area contributed by atoms with Crippen molar-refractivity contribution in [3.05, 3.63) is 48.2 Å². The fraction of sp³-hybridized carbons (Fsp3) is 0.364. The van der Waals surface area contributed by atoms with Crippen LogP contribution in [0.4, 0.5) is 5.69 Å². The van der Waals surface area contributed by atoms with Gasteiger partial charge in [-0.15, -0.1) is 0 Å². The molecule has 1 aliphatic heterocycles. The Hall–Kier alpha value is -2.51. The first-order chi connectivity index (χ1) is 13.9. The predicted octanol–water partition coefficient (Wildman–Crippen LogP) is 3.82. The van der Waals surface area contributed by atoms with Gasteiger partial charge in [0.25, 0.3) is 0 Å². The van der Waals surface area contributed by atoms with E-state index in [0.29, 0.717) is 22.1 Å². The molecule has 0 amide bonds. The Balaban J connectivity index is 1.69. The summed E-state index contributed by atoms with van der Waals surface area (Å²) < 4.78 is 32.1. The number of nitrogens with one attached hydrogen (secondary N) is 2. The van der Waals surface area contributed by atoms with E-state index in [2.05, 4.69) is 22.2 Å². The Bertz CT molecular complexity index is 1130. The normalized spacial score (nSPS) is 16.2. The number of sulfone groups is 1. The number of benzene rings is 2. The lowest BCUT2D eigenvalue weighted by Crippen LogP contribution is -2.36. The number of methoxy groups -OCH3 is 1. The highest BCUT2D eigenvalue weighted by Crippen LogP contribution is 2.32. The van der Waals surface area contributed by atoms with Gasteiger partial charge >= 0.3 is 0 Å². The summed E-state index contributed by atoms with van der Waals surface area (Å²) >= 11 is 0. The number of fused-ring (bicyclic) bond motifs is 1. The Labute approximate surface area is 171 Å². The van der Waals surface area contributed by atoms with Crippen molar-refractivity contribution in [3.8, 4) is 5.75 Å². The van der Waals surface area contributed by atoms with Gasteiger partial charge in [0, 0.05) is 28.8 Å². The second-order valence-corrected chi connectivity index (χ2v) is 9.68. The summed E-state index contributed by atoms with van der Waals surface area (Å²) in [5, 5.41) is 4.20. The molecule has 6 nitrogen and oxygen atoms in total. The molecule has 154 valence electrons. The summed E-state index contributed by atoms with van der Waals surface area (Å²) in [6.45, 7) is 4.10. The zero-order chi connectivity index (χ0) is 20.6. The van der Waals surface area contributed by atoms with Crippen LogP contribution < -0.4 is 10.1 Å². The first-order valence-corrected chi connectivity index (χ1v) is 11.3. The van der Waals surface area contributed by atoms with E-state index in [1.54, 1.807) is 31.5 Å². The van der Waals surface area contributed by atoms with E-state index in [0.717, 1.165) is 42.7 Å². The summed E-state index contributed by atoms with van der Waals surface area (Å²) in [7, 11) is 0.0311. The van der Waals surface area contributed by atoms with Gasteiger partial charge in [-0.1, -0.05) is 6.07 Å². The lowest BCUT2D eigenvalue weighted by molar-refractivity contribution is 0.264. The fourth-order valence-corrected chi connectivity index (χ4v) is 5.29. The highest BCUT2D eigenvalue weighted by Gasteiger charge is 2.24. The fourth-order valence-electron chi connectivity index (χ4n) is 3.85. The molecule has 0 unspecified atom stereocenters. The molecule has 1 aliphatic rings. The standard InChI is InChI=1S/C22H27N3O3S/c1-15-4-6-18(13-21(15)24-16-8-10-25(2)11-9-16)29(26,27)22-14-23-20-7-5-17(28-3)12-19(20)22/h4-7,12-14,16,23-24H,8-11H2,1-3H3.